The van der Waals surface area contributed by atoms with E-state index in [0.29, 0.717) is 22.4 Å². The van der Waals surface area contributed by atoms with Gasteiger partial charge in [0.15, 0.2) is 5.16 Å². The first-order valence-corrected chi connectivity index (χ1v) is 11.1. The van der Waals surface area contributed by atoms with Gasteiger partial charge < -0.3 is 9.88 Å². The second-order valence-corrected chi connectivity index (χ2v) is 8.40. The van der Waals surface area contributed by atoms with Gasteiger partial charge in [0.1, 0.15) is 0 Å². The van der Waals surface area contributed by atoms with Crippen LogP contribution in [0.5, 0.6) is 0 Å². The molecule has 1 amide bonds. The molecule has 0 saturated heterocycles. The second kappa shape index (κ2) is 8.45. The minimum atomic E-state index is -0.114. The molecule has 0 unspecified atom stereocenters. The fourth-order valence-corrected chi connectivity index (χ4v) is 4.38. The Balaban J connectivity index is 1.42. The average Bonchev–Trinajstić information content (AvgIpc) is 3.34. The number of rotatable bonds is 6. The molecule has 0 fully saturated rings. The summed E-state index contributed by atoms with van der Waals surface area (Å²) < 4.78 is 4.16. The molecule has 0 aliphatic carbocycles. The summed E-state index contributed by atoms with van der Waals surface area (Å²) in [4.78, 5) is 12.4. The largest absolute Gasteiger partial charge is 0.325 e. The quantitative estimate of drug-likeness (QED) is 0.367. The summed E-state index contributed by atoms with van der Waals surface area (Å²) in [6, 6.07) is 25.4. The molecule has 0 aliphatic rings. The Bertz CT molecular complexity index is 1360. The van der Waals surface area contributed by atoms with Crippen LogP contribution in [0.1, 0.15) is 5.56 Å². The molecule has 6 nitrogen and oxygen atoms in total. The van der Waals surface area contributed by atoms with E-state index >= 15 is 0 Å². The Labute approximate surface area is 187 Å². The smallest absolute Gasteiger partial charge is 0.237 e. The van der Waals surface area contributed by atoms with E-state index in [4.69, 9.17) is 11.6 Å². The Hall–Kier alpha value is -3.29. The van der Waals surface area contributed by atoms with Gasteiger partial charge in [0.25, 0.3) is 0 Å². The predicted molar refractivity (Wildman–Crippen MR) is 125 cm³/mol. The van der Waals surface area contributed by atoms with Gasteiger partial charge in [-0.25, -0.2) is 0 Å². The molecule has 0 spiro atoms. The summed E-state index contributed by atoms with van der Waals surface area (Å²) in [6.07, 6.45) is 0. The first-order chi connectivity index (χ1) is 15.2. The van der Waals surface area contributed by atoms with E-state index in [-0.39, 0.29) is 11.7 Å². The van der Waals surface area contributed by atoms with E-state index in [2.05, 4.69) is 38.3 Å². The van der Waals surface area contributed by atoms with Crippen molar-refractivity contribution >= 4 is 51.8 Å². The van der Waals surface area contributed by atoms with Crippen LogP contribution in [0.4, 0.5) is 5.69 Å². The summed E-state index contributed by atoms with van der Waals surface area (Å²) in [6.45, 7) is 0.692. The molecule has 2 heterocycles. The number of halogens is 1. The monoisotopic (exact) mass is 447 g/mol. The van der Waals surface area contributed by atoms with Crippen LogP contribution < -0.4 is 5.32 Å². The molecule has 1 N–H and O–H groups in total. The van der Waals surface area contributed by atoms with Crippen molar-refractivity contribution < 1.29 is 4.79 Å². The van der Waals surface area contributed by atoms with Gasteiger partial charge in [-0.3, -0.25) is 9.20 Å². The van der Waals surface area contributed by atoms with Gasteiger partial charge in [-0.15, -0.1) is 10.2 Å². The summed E-state index contributed by atoms with van der Waals surface area (Å²) in [5, 5.41) is 13.0. The van der Waals surface area contributed by atoms with Crippen molar-refractivity contribution in [3.05, 3.63) is 89.4 Å². The molecule has 154 valence electrons. The number of carbonyl (C=O) groups is 1. The average molecular weight is 448 g/mol. The van der Waals surface area contributed by atoms with Crippen LogP contribution in [0.15, 0.2) is 84.0 Å². The number of thioether (sulfide) groups is 1. The maximum Gasteiger partial charge on any atom is 0.237 e. The third-order valence-corrected chi connectivity index (χ3v) is 6.10. The number of carbonyl (C=O) groups excluding carboxylic acids is 1. The minimum absolute atomic E-state index is 0.114. The standard InChI is InChI=1S/C23H18ClN5OS/c24-17-10-12-18(13-11-17)25-21(30)15-31-23-27-26-22-28(14-16-6-2-1-3-7-16)19-8-4-5-9-20(19)29(22)23/h1-13H,14-15H2,(H,25,30). The first kappa shape index (κ1) is 19.7. The van der Waals surface area contributed by atoms with Crippen LogP contribution in [0.3, 0.4) is 0 Å². The lowest BCUT2D eigenvalue weighted by Crippen LogP contribution is -2.14. The number of aromatic nitrogens is 4. The molecule has 31 heavy (non-hydrogen) atoms. The zero-order valence-corrected chi connectivity index (χ0v) is 18.0. The highest BCUT2D eigenvalue weighted by molar-refractivity contribution is 7.99. The lowest BCUT2D eigenvalue weighted by molar-refractivity contribution is -0.113. The zero-order valence-electron chi connectivity index (χ0n) is 16.4. The van der Waals surface area contributed by atoms with Gasteiger partial charge in [-0.2, -0.15) is 0 Å². The highest BCUT2D eigenvalue weighted by Crippen LogP contribution is 2.26. The summed E-state index contributed by atoms with van der Waals surface area (Å²) in [5.74, 6) is 0.865. The van der Waals surface area contributed by atoms with Gasteiger partial charge in [-0.05, 0) is 42.0 Å². The van der Waals surface area contributed by atoms with Crippen molar-refractivity contribution in [2.24, 2.45) is 0 Å². The Morgan fingerprint density at radius 2 is 1.61 bits per heavy atom. The number of nitrogens with one attached hydrogen (secondary N) is 1. The van der Waals surface area contributed by atoms with Gasteiger partial charge in [0, 0.05) is 10.7 Å². The van der Waals surface area contributed by atoms with E-state index in [1.165, 1.54) is 17.3 Å². The highest BCUT2D eigenvalue weighted by Gasteiger charge is 2.18. The summed E-state index contributed by atoms with van der Waals surface area (Å²) in [7, 11) is 0. The lowest BCUT2D eigenvalue weighted by atomic mass is 10.2. The molecular formula is C23H18ClN5OS. The van der Waals surface area contributed by atoms with Crippen LogP contribution in [-0.4, -0.2) is 30.8 Å². The van der Waals surface area contributed by atoms with Crippen LogP contribution in [-0.2, 0) is 11.3 Å². The Morgan fingerprint density at radius 1 is 0.903 bits per heavy atom. The van der Waals surface area contributed by atoms with Crippen molar-refractivity contribution in [1.29, 1.82) is 0 Å². The number of benzene rings is 3. The van der Waals surface area contributed by atoms with Crippen molar-refractivity contribution in [2.45, 2.75) is 11.7 Å². The number of para-hydroxylation sites is 2. The van der Waals surface area contributed by atoms with E-state index in [1.54, 1.807) is 24.3 Å². The number of anilines is 1. The molecule has 0 atom stereocenters. The van der Waals surface area contributed by atoms with E-state index in [0.717, 1.165) is 16.8 Å². The fourth-order valence-electron chi connectivity index (χ4n) is 3.51. The van der Waals surface area contributed by atoms with Crippen LogP contribution in [0.25, 0.3) is 16.8 Å². The third-order valence-electron chi connectivity index (χ3n) is 4.91. The molecule has 0 saturated carbocycles. The normalized spacial score (nSPS) is 11.3. The SMILES string of the molecule is O=C(CSc1nnc2n(Cc3ccccc3)c3ccccc3n12)Nc1ccc(Cl)cc1. The summed E-state index contributed by atoms with van der Waals surface area (Å²) in [5.41, 5.74) is 3.98. The van der Waals surface area contributed by atoms with Gasteiger partial charge in [0.2, 0.25) is 11.7 Å². The highest BCUT2D eigenvalue weighted by atomic mass is 35.5. The fraction of sp³-hybridized carbons (Fsp3) is 0.0870. The van der Waals surface area contributed by atoms with Gasteiger partial charge in [-0.1, -0.05) is 65.8 Å². The maximum atomic E-state index is 12.4. The molecule has 0 radical (unpaired) electrons. The molecular weight excluding hydrogens is 430 g/mol. The molecule has 3 aromatic carbocycles. The second-order valence-electron chi connectivity index (χ2n) is 7.02. The van der Waals surface area contributed by atoms with Gasteiger partial charge in [0.05, 0.1) is 23.3 Å². The molecule has 0 aliphatic heterocycles. The van der Waals surface area contributed by atoms with E-state index in [1.807, 2.05) is 40.8 Å². The van der Waals surface area contributed by atoms with Gasteiger partial charge >= 0.3 is 0 Å². The number of amides is 1. The van der Waals surface area contributed by atoms with Crippen molar-refractivity contribution in [1.82, 2.24) is 19.2 Å². The van der Waals surface area contributed by atoms with Crippen LogP contribution >= 0.6 is 23.4 Å². The third kappa shape index (κ3) is 4.02. The topological polar surface area (TPSA) is 64.2 Å². The van der Waals surface area contributed by atoms with Crippen molar-refractivity contribution in [3.8, 4) is 0 Å². The van der Waals surface area contributed by atoms with Crippen LogP contribution in [0.2, 0.25) is 5.02 Å². The zero-order chi connectivity index (χ0) is 21.2. The van der Waals surface area contributed by atoms with E-state index in [9.17, 15) is 4.79 Å². The van der Waals surface area contributed by atoms with Crippen LogP contribution in [0, 0.1) is 0 Å². The lowest BCUT2D eigenvalue weighted by Gasteiger charge is -2.04. The number of imidazole rings is 1. The maximum absolute atomic E-state index is 12.4. The number of fused-ring (bicyclic) bond motifs is 3. The first-order valence-electron chi connectivity index (χ1n) is 9.73. The number of hydrogen-bond acceptors (Lipinski definition) is 4. The molecule has 0 bridgehead atoms. The molecule has 5 aromatic rings. The number of hydrogen-bond donors (Lipinski definition) is 1. The number of nitrogens with zero attached hydrogens (tertiary/aromatic N) is 4. The molecule has 5 rings (SSSR count). The summed E-state index contributed by atoms with van der Waals surface area (Å²) >= 11 is 7.26. The Kier molecular flexibility index (Phi) is 5.36. The van der Waals surface area contributed by atoms with Crippen molar-refractivity contribution in [2.75, 3.05) is 11.1 Å². The predicted octanol–water partition coefficient (Wildman–Crippen LogP) is 5.12. The van der Waals surface area contributed by atoms with E-state index < -0.39 is 0 Å². The Morgan fingerprint density at radius 3 is 2.39 bits per heavy atom. The molecule has 8 heteroatoms. The molecule has 2 aromatic heterocycles. The van der Waals surface area contributed by atoms with Crippen molar-refractivity contribution in [3.63, 3.8) is 0 Å². The minimum Gasteiger partial charge on any atom is -0.325 e.